The fourth-order valence-electron chi connectivity index (χ4n) is 4.48. The fraction of sp³-hybridized carbons (Fsp3) is 0.450. The second kappa shape index (κ2) is 7.12. The average molecular weight is 407 g/mol. The van der Waals surface area contributed by atoms with E-state index in [4.69, 9.17) is 9.97 Å². The minimum Gasteiger partial charge on any atom is -0.340 e. The van der Waals surface area contributed by atoms with Crippen LogP contribution >= 0.6 is 0 Å². The van der Waals surface area contributed by atoms with E-state index < -0.39 is 0 Å². The van der Waals surface area contributed by atoms with Gasteiger partial charge in [-0.1, -0.05) is 6.58 Å². The van der Waals surface area contributed by atoms with Crippen molar-refractivity contribution in [2.24, 2.45) is 18.9 Å². The van der Waals surface area contributed by atoms with E-state index in [0.29, 0.717) is 23.6 Å². The fourth-order valence-corrected chi connectivity index (χ4v) is 4.48. The van der Waals surface area contributed by atoms with Crippen LogP contribution in [0.25, 0.3) is 11.2 Å². The molecule has 1 N–H and O–H groups in total. The molecular formula is C20H25N9O. The molecule has 0 saturated carbocycles. The number of fused-ring (bicyclic) bond motifs is 2. The van der Waals surface area contributed by atoms with E-state index >= 15 is 0 Å². The standard InChI is InChI=1S/C20H25N9O/c1-4-16(30)28-7-13-9-29(10-14(13)8-28)20-24-18(23-15-6-22-26(3)11-15)17-19(25-20)27(5-2)12-21-17/h4,6,11-14H,1,5,7-10H2,2-3H3,(H,23,24,25). The van der Waals surface area contributed by atoms with Gasteiger partial charge in [-0.15, -0.1) is 0 Å². The number of likely N-dealkylation sites (tertiary alicyclic amines) is 1. The topological polar surface area (TPSA) is 97.0 Å². The number of aromatic nitrogens is 6. The van der Waals surface area contributed by atoms with Gasteiger partial charge in [0.25, 0.3) is 0 Å². The Morgan fingerprint density at radius 1 is 1.27 bits per heavy atom. The first-order valence-corrected chi connectivity index (χ1v) is 10.2. The van der Waals surface area contributed by atoms with Gasteiger partial charge in [-0.2, -0.15) is 15.1 Å². The quantitative estimate of drug-likeness (QED) is 0.639. The normalized spacial score (nSPS) is 20.7. The third-order valence-electron chi connectivity index (χ3n) is 6.02. The van der Waals surface area contributed by atoms with Crippen LogP contribution < -0.4 is 10.2 Å². The molecule has 0 bridgehead atoms. The molecule has 30 heavy (non-hydrogen) atoms. The van der Waals surface area contributed by atoms with Gasteiger partial charge >= 0.3 is 0 Å². The van der Waals surface area contributed by atoms with Gasteiger partial charge in [-0.25, -0.2) is 4.98 Å². The SMILES string of the molecule is C=CC(=O)N1CC2CN(c3nc(Nc4cnn(C)c4)c4ncn(CC)c4n3)CC2C1. The Morgan fingerprint density at radius 3 is 2.67 bits per heavy atom. The van der Waals surface area contributed by atoms with E-state index in [1.165, 1.54) is 6.08 Å². The Kier molecular flexibility index (Phi) is 4.41. The first-order valence-electron chi connectivity index (χ1n) is 10.2. The molecular weight excluding hydrogens is 382 g/mol. The average Bonchev–Trinajstić information content (AvgIpc) is 3.49. The van der Waals surface area contributed by atoms with E-state index in [-0.39, 0.29) is 5.91 Å². The summed E-state index contributed by atoms with van der Waals surface area (Å²) in [7, 11) is 1.88. The van der Waals surface area contributed by atoms with E-state index in [1.54, 1.807) is 17.2 Å². The van der Waals surface area contributed by atoms with Crippen molar-refractivity contribution in [2.75, 3.05) is 36.4 Å². The number of carbonyl (C=O) groups excluding carboxylic acids is 1. The second-order valence-corrected chi connectivity index (χ2v) is 7.98. The zero-order valence-corrected chi connectivity index (χ0v) is 17.2. The minimum atomic E-state index is 0.0171. The maximum Gasteiger partial charge on any atom is 0.245 e. The van der Waals surface area contributed by atoms with Crippen LogP contribution in [0.15, 0.2) is 31.4 Å². The largest absolute Gasteiger partial charge is 0.340 e. The van der Waals surface area contributed by atoms with Crippen molar-refractivity contribution in [3.8, 4) is 0 Å². The van der Waals surface area contributed by atoms with Crippen LogP contribution in [-0.4, -0.2) is 66.3 Å². The Hall–Kier alpha value is -3.43. The van der Waals surface area contributed by atoms with Crippen LogP contribution in [0, 0.1) is 11.8 Å². The lowest BCUT2D eigenvalue weighted by Crippen LogP contribution is -2.32. The van der Waals surface area contributed by atoms with Crippen molar-refractivity contribution in [3.63, 3.8) is 0 Å². The molecule has 2 unspecified atom stereocenters. The van der Waals surface area contributed by atoms with Crippen molar-refractivity contribution in [2.45, 2.75) is 13.5 Å². The molecule has 1 amide bonds. The van der Waals surface area contributed by atoms with Gasteiger partial charge in [-0.3, -0.25) is 9.48 Å². The Bertz CT molecular complexity index is 1100. The lowest BCUT2D eigenvalue weighted by molar-refractivity contribution is -0.125. The van der Waals surface area contributed by atoms with Crippen LogP contribution in [-0.2, 0) is 18.4 Å². The third-order valence-corrected chi connectivity index (χ3v) is 6.02. The number of imidazole rings is 1. The Balaban J connectivity index is 1.45. The minimum absolute atomic E-state index is 0.0171. The van der Waals surface area contributed by atoms with Crippen molar-refractivity contribution in [1.82, 2.24) is 34.2 Å². The number of carbonyl (C=O) groups is 1. The third kappa shape index (κ3) is 3.08. The maximum absolute atomic E-state index is 11.9. The van der Waals surface area contributed by atoms with Crippen LogP contribution in [0.1, 0.15) is 6.92 Å². The molecule has 10 heteroatoms. The van der Waals surface area contributed by atoms with Crippen LogP contribution in [0.2, 0.25) is 0 Å². The molecule has 0 spiro atoms. The van der Waals surface area contributed by atoms with Gasteiger partial charge < -0.3 is 19.7 Å². The number of rotatable bonds is 5. The second-order valence-electron chi connectivity index (χ2n) is 7.98. The number of nitrogens with zero attached hydrogens (tertiary/aromatic N) is 8. The van der Waals surface area contributed by atoms with E-state index in [1.807, 2.05) is 22.7 Å². The van der Waals surface area contributed by atoms with Crippen molar-refractivity contribution < 1.29 is 4.79 Å². The smallest absolute Gasteiger partial charge is 0.245 e. The zero-order valence-electron chi connectivity index (χ0n) is 17.2. The summed E-state index contributed by atoms with van der Waals surface area (Å²) in [5.74, 6) is 2.25. The van der Waals surface area contributed by atoms with Crippen molar-refractivity contribution in [1.29, 1.82) is 0 Å². The monoisotopic (exact) mass is 407 g/mol. The predicted octanol–water partition coefficient (Wildman–Crippen LogP) is 1.40. The summed E-state index contributed by atoms with van der Waals surface area (Å²) < 4.78 is 3.76. The zero-order chi connectivity index (χ0) is 20.8. The molecule has 2 atom stereocenters. The number of nitrogens with one attached hydrogen (secondary N) is 1. The molecule has 2 aliphatic rings. The lowest BCUT2D eigenvalue weighted by Gasteiger charge is -2.21. The molecule has 2 saturated heterocycles. The molecule has 2 aliphatic heterocycles. The molecule has 0 aromatic carbocycles. The highest BCUT2D eigenvalue weighted by molar-refractivity contribution is 5.87. The van der Waals surface area contributed by atoms with Gasteiger partial charge in [0.2, 0.25) is 11.9 Å². The van der Waals surface area contributed by atoms with E-state index in [2.05, 4.69) is 33.8 Å². The highest BCUT2D eigenvalue weighted by Gasteiger charge is 2.42. The number of amides is 1. The van der Waals surface area contributed by atoms with E-state index in [0.717, 1.165) is 49.6 Å². The van der Waals surface area contributed by atoms with Gasteiger partial charge in [0.05, 0.1) is 18.2 Å². The summed E-state index contributed by atoms with van der Waals surface area (Å²) in [6.07, 6.45) is 6.86. The Morgan fingerprint density at radius 2 is 2.03 bits per heavy atom. The molecule has 10 nitrogen and oxygen atoms in total. The number of anilines is 3. The molecule has 0 radical (unpaired) electrons. The lowest BCUT2D eigenvalue weighted by atomic mass is 10.0. The molecule has 3 aromatic rings. The number of hydrogen-bond donors (Lipinski definition) is 1. The first-order chi connectivity index (χ1) is 14.6. The Labute approximate surface area is 174 Å². The van der Waals surface area contributed by atoms with Crippen LogP contribution in [0.5, 0.6) is 0 Å². The van der Waals surface area contributed by atoms with E-state index in [9.17, 15) is 4.79 Å². The van der Waals surface area contributed by atoms with Gasteiger partial charge in [0.15, 0.2) is 17.0 Å². The van der Waals surface area contributed by atoms with Gasteiger partial charge in [0, 0.05) is 57.8 Å². The highest BCUT2D eigenvalue weighted by atomic mass is 16.2. The van der Waals surface area contributed by atoms with Crippen molar-refractivity contribution >= 4 is 34.5 Å². The summed E-state index contributed by atoms with van der Waals surface area (Å²) in [5, 5.41) is 7.56. The molecule has 5 rings (SSSR count). The maximum atomic E-state index is 11.9. The van der Waals surface area contributed by atoms with Crippen LogP contribution in [0.4, 0.5) is 17.5 Å². The summed E-state index contributed by atoms with van der Waals surface area (Å²) in [6.45, 7) is 9.66. The van der Waals surface area contributed by atoms with Crippen LogP contribution in [0.3, 0.4) is 0 Å². The molecule has 3 aromatic heterocycles. The number of aryl methyl sites for hydroxylation is 2. The molecule has 2 fully saturated rings. The summed E-state index contributed by atoms with van der Waals surface area (Å²) in [6, 6.07) is 0. The first kappa shape index (κ1) is 18.6. The molecule has 0 aliphatic carbocycles. The summed E-state index contributed by atoms with van der Waals surface area (Å²) >= 11 is 0. The summed E-state index contributed by atoms with van der Waals surface area (Å²) in [5.41, 5.74) is 2.41. The van der Waals surface area contributed by atoms with Gasteiger partial charge in [-0.05, 0) is 13.0 Å². The van der Waals surface area contributed by atoms with Crippen molar-refractivity contribution in [3.05, 3.63) is 31.4 Å². The summed E-state index contributed by atoms with van der Waals surface area (Å²) in [4.78, 5) is 30.3. The highest BCUT2D eigenvalue weighted by Crippen LogP contribution is 2.34. The predicted molar refractivity (Wildman–Crippen MR) is 113 cm³/mol. The molecule has 5 heterocycles. The number of hydrogen-bond acceptors (Lipinski definition) is 7. The molecule has 156 valence electrons. The van der Waals surface area contributed by atoms with Gasteiger partial charge in [0.1, 0.15) is 0 Å².